The van der Waals surface area contributed by atoms with Crippen LogP contribution < -0.4 is 5.32 Å². The number of carbonyl (C=O) groups excluding carboxylic acids is 1. The molecular formula is C23H23F2N3O3. The number of benzene rings is 2. The molecular weight excluding hydrogens is 404 g/mol. The molecule has 0 radical (unpaired) electrons. The Hall–Kier alpha value is -3.10. The minimum absolute atomic E-state index is 0.114. The van der Waals surface area contributed by atoms with Crippen LogP contribution in [-0.2, 0) is 27.2 Å². The highest BCUT2D eigenvalue weighted by Crippen LogP contribution is 2.32. The topological polar surface area (TPSA) is 65.4 Å². The lowest BCUT2D eigenvalue weighted by Gasteiger charge is -2.17. The number of carbonyl (C=O) groups is 1. The first-order valence-corrected chi connectivity index (χ1v) is 9.95. The number of halogens is 2. The van der Waals surface area contributed by atoms with E-state index in [1.165, 1.54) is 6.07 Å². The quantitative estimate of drug-likeness (QED) is 0.640. The van der Waals surface area contributed by atoms with Gasteiger partial charge in [0, 0.05) is 12.3 Å². The molecule has 0 spiro atoms. The van der Waals surface area contributed by atoms with Crippen molar-refractivity contribution in [3.63, 3.8) is 0 Å². The van der Waals surface area contributed by atoms with Gasteiger partial charge in [0.25, 0.3) is 0 Å². The number of nitrogens with one attached hydrogen (secondary N) is 1. The van der Waals surface area contributed by atoms with Gasteiger partial charge in [0.15, 0.2) is 23.2 Å². The maximum Gasteiger partial charge on any atom is 0.229 e. The standard InChI is InChI=1S/C23H23F2N3O3/c1-23(2)30-14-20(31-23)17-6-3-15(4-7-17)12-22(29)26-21-9-10-28(27-21)13-16-5-8-18(24)19(25)11-16/h3-11,20H,12-14H2,1-2H3,(H,26,27,29). The lowest BCUT2D eigenvalue weighted by molar-refractivity contribution is -0.139. The van der Waals surface area contributed by atoms with Gasteiger partial charge in [-0.3, -0.25) is 9.48 Å². The number of hydrogen-bond acceptors (Lipinski definition) is 4. The summed E-state index contributed by atoms with van der Waals surface area (Å²) in [7, 11) is 0. The second kappa shape index (κ2) is 8.56. The molecule has 1 N–H and O–H groups in total. The first kappa shape index (κ1) is 21.1. The van der Waals surface area contributed by atoms with E-state index in [0.29, 0.717) is 18.0 Å². The van der Waals surface area contributed by atoms with E-state index in [-0.39, 0.29) is 25.0 Å². The Kier molecular flexibility index (Phi) is 5.84. The van der Waals surface area contributed by atoms with Crippen LogP contribution in [0.25, 0.3) is 0 Å². The summed E-state index contributed by atoms with van der Waals surface area (Å²) in [6.07, 6.45) is 1.75. The van der Waals surface area contributed by atoms with Gasteiger partial charge in [-0.2, -0.15) is 5.10 Å². The first-order chi connectivity index (χ1) is 14.8. The SMILES string of the molecule is CC1(C)OCC(c2ccc(CC(=O)Nc3ccn(Cc4ccc(F)c(F)c4)n3)cc2)O1. The van der Waals surface area contributed by atoms with Gasteiger partial charge in [-0.1, -0.05) is 30.3 Å². The van der Waals surface area contributed by atoms with Crippen molar-refractivity contribution < 1.29 is 23.0 Å². The van der Waals surface area contributed by atoms with Crippen molar-refractivity contribution in [2.24, 2.45) is 0 Å². The van der Waals surface area contributed by atoms with E-state index < -0.39 is 17.4 Å². The van der Waals surface area contributed by atoms with Gasteiger partial charge in [0.05, 0.1) is 19.6 Å². The average molecular weight is 427 g/mol. The smallest absolute Gasteiger partial charge is 0.229 e. The van der Waals surface area contributed by atoms with Crippen LogP contribution in [0.2, 0.25) is 0 Å². The Morgan fingerprint density at radius 3 is 2.55 bits per heavy atom. The second-order valence-corrected chi connectivity index (χ2v) is 7.93. The van der Waals surface area contributed by atoms with Crippen molar-refractivity contribution in [1.82, 2.24) is 9.78 Å². The monoisotopic (exact) mass is 427 g/mol. The Morgan fingerprint density at radius 1 is 1.13 bits per heavy atom. The molecule has 0 saturated carbocycles. The fourth-order valence-electron chi connectivity index (χ4n) is 3.42. The molecule has 1 aliphatic rings. The van der Waals surface area contributed by atoms with Crippen LogP contribution in [0.1, 0.15) is 36.6 Å². The van der Waals surface area contributed by atoms with Gasteiger partial charge in [-0.05, 0) is 42.7 Å². The summed E-state index contributed by atoms with van der Waals surface area (Å²) >= 11 is 0. The fourth-order valence-corrected chi connectivity index (χ4v) is 3.42. The Morgan fingerprint density at radius 2 is 1.87 bits per heavy atom. The summed E-state index contributed by atoms with van der Waals surface area (Å²) < 4.78 is 39.3. The summed E-state index contributed by atoms with van der Waals surface area (Å²) in [5.41, 5.74) is 2.44. The molecule has 2 aromatic carbocycles. The van der Waals surface area contributed by atoms with E-state index in [2.05, 4.69) is 10.4 Å². The molecule has 31 heavy (non-hydrogen) atoms. The van der Waals surface area contributed by atoms with Gasteiger partial charge >= 0.3 is 0 Å². The fraction of sp³-hybridized carbons (Fsp3) is 0.304. The molecule has 1 amide bonds. The molecule has 0 aliphatic carbocycles. The molecule has 1 aliphatic heterocycles. The van der Waals surface area contributed by atoms with Gasteiger partial charge in [0.1, 0.15) is 6.10 Å². The molecule has 8 heteroatoms. The normalized spacial score (nSPS) is 17.6. The van der Waals surface area contributed by atoms with Crippen LogP contribution >= 0.6 is 0 Å². The van der Waals surface area contributed by atoms with Gasteiger partial charge in [-0.15, -0.1) is 0 Å². The van der Waals surface area contributed by atoms with Gasteiger partial charge in [0.2, 0.25) is 5.91 Å². The van der Waals surface area contributed by atoms with E-state index in [9.17, 15) is 13.6 Å². The zero-order valence-electron chi connectivity index (χ0n) is 17.3. The van der Waals surface area contributed by atoms with E-state index in [1.54, 1.807) is 16.9 Å². The third-order valence-corrected chi connectivity index (χ3v) is 4.96. The Bertz CT molecular complexity index is 1080. The maximum absolute atomic E-state index is 13.3. The van der Waals surface area contributed by atoms with Crippen LogP contribution in [-0.4, -0.2) is 28.1 Å². The van der Waals surface area contributed by atoms with Crippen molar-refractivity contribution in [2.45, 2.75) is 38.7 Å². The molecule has 6 nitrogen and oxygen atoms in total. The lowest BCUT2D eigenvalue weighted by atomic mass is 10.1. The van der Waals surface area contributed by atoms with Crippen LogP contribution in [0.4, 0.5) is 14.6 Å². The summed E-state index contributed by atoms with van der Waals surface area (Å²) in [6, 6.07) is 13.0. The maximum atomic E-state index is 13.3. The van der Waals surface area contributed by atoms with Crippen molar-refractivity contribution in [3.05, 3.63) is 83.1 Å². The van der Waals surface area contributed by atoms with E-state index in [4.69, 9.17) is 9.47 Å². The minimum Gasteiger partial charge on any atom is -0.347 e. The molecule has 1 fully saturated rings. The molecule has 4 rings (SSSR count). The number of ether oxygens (including phenoxy) is 2. The summed E-state index contributed by atoms with van der Waals surface area (Å²) in [5, 5.41) is 7.01. The molecule has 1 aromatic heterocycles. The highest BCUT2D eigenvalue weighted by molar-refractivity contribution is 5.91. The highest BCUT2D eigenvalue weighted by Gasteiger charge is 2.33. The van der Waals surface area contributed by atoms with E-state index in [1.807, 2.05) is 38.1 Å². The largest absolute Gasteiger partial charge is 0.347 e. The predicted octanol–water partition coefficient (Wildman–Crippen LogP) is 4.21. The van der Waals surface area contributed by atoms with Crippen molar-refractivity contribution >= 4 is 11.7 Å². The van der Waals surface area contributed by atoms with Crippen LogP contribution in [0.5, 0.6) is 0 Å². The third-order valence-electron chi connectivity index (χ3n) is 4.96. The number of anilines is 1. The minimum atomic E-state index is -0.903. The summed E-state index contributed by atoms with van der Waals surface area (Å²) in [4.78, 5) is 12.4. The number of hydrogen-bond donors (Lipinski definition) is 1. The summed E-state index contributed by atoms with van der Waals surface area (Å²) in [5.74, 6) is -2.19. The zero-order chi connectivity index (χ0) is 22.0. The highest BCUT2D eigenvalue weighted by atomic mass is 19.2. The van der Waals surface area contributed by atoms with E-state index in [0.717, 1.165) is 23.3 Å². The number of rotatable bonds is 6. The van der Waals surface area contributed by atoms with Crippen molar-refractivity contribution in [3.8, 4) is 0 Å². The number of amides is 1. The average Bonchev–Trinajstić information content (AvgIpc) is 3.31. The molecule has 2 heterocycles. The number of nitrogens with zero attached hydrogens (tertiary/aromatic N) is 2. The molecule has 1 unspecified atom stereocenters. The van der Waals surface area contributed by atoms with Crippen molar-refractivity contribution in [1.29, 1.82) is 0 Å². The molecule has 1 atom stereocenters. The lowest BCUT2D eigenvalue weighted by Crippen LogP contribution is -2.19. The van der Waals surface area contributed by atoms with Crippen LogP contribution in [0.15, 0.2) is 54.7 Å². The van der Waals surface area contributed by atoms with Crippen LogP contribution in [0, 0.1) is 11.6 Å². The predicted molar refractivity (Wildman–Crippen MR) is 110 cm³/mol. The van der Waals surface area contributed by atoms with Crippen molar-refractivity contribution in [2.75, 3.05) is 11.9 Å². The Labute approximate surface area is 178 Å². The zero-order valence-corrected chi connectivity index (χ0v) is 17.3. The number of aromatic nitrogens is 2. The van der Waals surface area contributed by atoms with Gasteiger partial charge in [-0.25, -0.2) is 8.78 Å². The third kappa shape index (κ3) is 5.34. The molecule has 3 aromatic rings. The van der Waals surface area contributed by atoms with Crippen LogP contribution in [0.3, 0.4) is 0 Å². The first-order valence-electron chi connectivity index (χ1n) is 9.95. The molecule has 1 saturated heterocycles. The van der Waals surface area contributed by atoms with E-state index >= 15 is 0 Å². The summed E-state index contributed by atoms with van der Waals surface area (Å²) in [6.45, 7) is 4.52. The van der Waals surface area contributed by atoms with Gasteiger partial charge < -0.3 is 14.8 Å². The second-order valence-electron chi connectivity index (χ2n) is 7.93. The molecule has 0 bridgehead atoms. The Balaban J connectivity index is 1.31. The molecule has 162 valence electrons.